The van der Waals surface area contributed by atoms with E-state index in [2.05, 4.69) is 10.5 Å². The van der Waals surface area contributed by atoms with Crippen LogP contribution in [0.5, 0.6) is 5.75 Å². The summed E-state index contributed by atoms with van der Waals surface area (Å²) in [5.74, 6) is -0.412. The Labute approximate surface area is 157 Å². The maximum absolute atomic E-state index is 12.2. The highest BCUT2D eigenvalue weighted by molar-refractivity contribution is 5.96. The number of nitrogens with one attached hydrogen (secondary N) is 1. The minimum atomic E-state index is -0.458. The summed E-state index contributed by atoms with van der Waals surface area (Å²) in [5, 5.41) is 3.97. The van der Waals surface area contributed by atoms with Crippen molar-refractivity contribution in [3.8, 4) is 5.75 Å². The van der Waals surface area contributed by atoms with Gasteiger partial charge in [-0.3, -0.25) is 4.79 Å². The van der Waals surface area contributed by atoms with E-state index in [0.717, 1.165) is 5.56 Å². The Morgan fingerprint density at radius 2 is 1.52 bits per heavy atom. The number of para-hydroxylation sites is 1. The molecule has 0 aliphatic rings. The van der Waals surface area contributed by atoms with Crippen molar-refractivity contribution in [3.63, 3.8) is 0 Å². The van der Waals surface area contributed by atoms with E-state index in [1.165, 1.54) is 6.21 Å². The van der Waals surface area contributed by atoms with Crippen molar-refractivity contribution in [2.75, 3.05) is 0 Å². The van der Waals surface area contributed by atoms with Crippen molar-refractivity contribution in [1.82, 2.24) is 5.43 Å². The predicted octanol–water partition coefficient (Wildman–Crippen LogP) is 3.98. The van der Waals surface area contributed by atoms with Gasteiger partial charge in [0.05, 0.1) is 11.8 Å². The Morgan fingerprint density at radius 3 is 2.26 bits per heavy atom. The van der Waals surface area contributed by atoms with E-state index in [4.69, 9.17) is 4.74 Å². The van der Waals surface area contributed by atoms with Crippen LogP contribution in [0.15, 0.2) is 84.0 Å². The molecule has 3 rings (SSSR count). The maximum Gasteiger partial charge on any atom is 0.343 e. The third-order valence-electron chi connectivity index (χ3n) is 3.81. The smallest absolute Gasteiger partial charge is 0.343 e. The standard InChI is InChI=1S/C22H18N2O3/c1-16-11-13-17(14-12-16)21(25)24-23-15-19-9-5-6-10-20(19)27-22(26)18-7-3-2-4-8-18/h2-15H,1H3,(H,24,25)/b23-15+. The van der Waals surface area contributed by atoms with Crippen LogP contribution < -0.4 is 10.2 Å². The molecule has 1 amide bonds. The zero-order valence-electron chi connectivity index (χ0n) is 14.8. The monoisotopic (exact) mass is 358 g/mol. The van der Waals surface area contributed by atoms with Gasteiger partial charge in [-0.1, -0.05) is 48.0 Å². The molecule has 0 saturated carbocycles. The van der Waals surface area contributed by atoms with Gasteiger partial charge in [0.1, 0.15) is 5.75 Å². The molecule has 0 atom stereocenters. The van der Waals surface area contributed by atoms with Gasteiger partial charge >= 0.3 is 5.97 Å². The third-order valence-corrected chi connectivity index (χ3v) is 3.81. The van der Waals surface area contributed by atoms with Gasteiger partial charge in [-0.2, -0.15) is 5.10 Å². The summed E-state index contributed by atoms with van der Waals surface area (Å²) < 4.78 is 5.44. The van der Waals surface area contributed by atoms with Crippen molar-refractivity contribution >= 4 is 18.1 Å². The highest BCUT2D eigenvalue weighted by Gasteiger charge is 2.10. The number of hydrogen-bond acceptors (Lipinski definition) is 4. The molecule has 1 N–H and O–H groups in total. The quantitative estimate of drug-likeness (QED) is 0.325. The van der Waals surface area contributed by atoms with Gasteiger partial charge in [0.2, 0.25) is 0 Å². The van der Waals surface area contributed by atoms with Gasteiger partial charge in [-0.15, -0.1) is 0 Å². The highest BCUT2D eigenvalue weighted by Crippen LogP contribution is 2.17. The molecule has 5 heteroatoms. The number of nitrogens with zero attached hydrogens (tertiary/aromatic N) is 1. The maximum atomic E-state index is 12.2. The second-order valence-electron chi connectivity index (χ2n) is 5.86. The molecule has 0 bridgehead atoms. The number of esters is 1. The van der Waals surface area contributed by atoms with E-state index >= 15 is 0 Å². The summed E-state index contributed by atoms with van der Waals surface area (Å²) in [6.07, 6.45) is 1.44. The van der Waals surface area contributed by atoms with Gasteiger partial charge < -0.3 is 4.74 Å². The van der Waals surface area contributed by atoms with Crippen LogP contribution in [0.25, 0.3) is 0 Å². The van der Waals surface area contributed by atoms with Crippen molar-refractivity contribution in [2.24, 2.45) is 5.10 Å². The molecule has 0 aromatic heterocycles. The highest BCUT2D eigenvalue weighted by atomic mass is 16.5. The number of ether oxygens (including phenoxy) is 1. The molecule has 5 nitrogen and oxygen atoms in total. The number of aryl methyl sites for hydroxylation is 1. The predicted molar refractivity (Wildman–Crippen MR) is 104 cm³/mol. The zero-order valence-corrected chi connectivity index (χ0v) is 14.8. The Morgan fingerprint density at radius 1 is 0.852 bits per heavy atom. The lowest BCUT2D eigenvalue weighted by atomic mass is 10.1. The Balaban J connectivity index is 1.68. The average molecular weight is 358 g/mol. The number of benzene rings is 3. The number of rotatable bonds is 5. The van der Waals surface area contributed by atoms with Crippen LogP contribution in [0.2, 0.25) is 0 Å². The largest absolute Gasteiger partial charge is 0.422 e. The SMILES string of the molecule is Cc1ccc(C(=O)N/N=C/c2ccccc2OC(=O)c2ccccc2)cc1. The molecule has 0 spiro atoms. The van der Waals surface area contributed by atoms with Crippen LogP contribution in [-0.4, -0.2) is 18.1 Å². The molecule has 0 saturated heterocycles. The van der Waals surface area contributed by atoms with Crippen molar-refractivity contribution in [1.29, 1.82) is 0 Å². The second kappa shape index (κ2) is 8.58. The van der Waals surface area contributed by atoms with E-state index < -0.39 is 5.97 Å². The number of hydrogen-bond donors (Lipinski definition) is 1. The van der Waals surface area contributed by atoms with Crippen molar-refractivity contribution in [2.45, 2.75) is 6.92 Å². The molecule has 0 heterocycles. The topological polar surface area (TPSA) is 67.8 Å². The van der Waals surface area contributed by atoms with E-state index in [1.54, 1.807) is 60.7 Å². The number of hydrazone groups is 1. The van der Waals surface area contributed by atoms with E-state index in [0.29, 0.717) is 22.4 Å². The zero-order chi connectivity index (χ0) is 19.1. The van der Waals surface area contributed by atoms with Crippen LogP contribution in [0.3, 0.4) is 0 Å². The first-order valence-corrected chi connectivity index (χ1v) is 8.40. The minimum absolute atomic E-state index is 0.315. The van der Waals surface area contributed by atoms with Crippen LogP contribution in [0, 0.1) is 6.92 Å². The fraction of sp³-hybridized carbons (Fsp3) is 0.0455. The van der Waals surface area contributed by atoms with Crippen LogP contribution in [0.1, 0.15) is 31.8 Å². The molecule has 0 aliphatic heterocycles. The summed E-state index contributed by atoms with van der Waals surface area (Å²) in [6.45, 7) is 1.95. The third kappa shape index (κ3) is 4.89. The summed E-state index contributed by atoms with van der Waals surface area (Å²) in [4.78, 5) is 24.3. The fourth-order valence-corrected chi connectivity index (χ4v) is 2.34. The first-order valence-electron chi connectivity index (χ1n) is 8.40. The Bertz CT molecular complexity index is 964. The summed E-state index contributed by atoms with van der Waals surface area (Å²) in [5.41, 5.74) is 5.09. The lowest BCUT2D eigenvalue weighted by Crippen LogP contribution is -2.17. The van der Waals surface area contributed by atoms with Gasteiger partial charge in [-0.05, 0) is 43.3 Å². The summed E-state index contributed by atoms with van der Waals surface area (Å²) in [6, 6.07) is 22.9. The summed E-state index contributed by atoms with van der Waals surface area (Å²) in [7, 11) is 0. The Kier molecular flexibility index (Phi) is 5.74. The molecule has 3 aromatic rings. The molecule has 134 valence electrons. The van der Waals surface area contributed by atoms with E-state index in [1.807, 2.05) is 25.1 Å². The molecule has 0 radical (unpaired) electrons. The number of carbonyl (C=O) groups excluding carboxylic acids is 2. The number of amides is 1. The minimum Gasteiger partial charge on any atom is -0.422 e. The van der Waals surface area contributed by atoms with Crippen LogP contribution >= 0.6 is 0 Å². The molecule has 27 heavy (non-hydrogen) atoms. The van der Waals surface area contributed by atoms with Crippen molar-refractivity contribution in [3.05, 3.63) is 101 Å². The molecule has 0 unspecified atom stereocenters. The average Bonchev–Trinajstić information content (AvgIpc) is 2.70. The van der Waals surface area contributed by atoms with Crippen molar-refractivity contribution < 1.29 is 14.3 Å². The molecular formula is C22H18N2O3. The van der Waals surface area contributed by atoms with Crippen LogP contribution in [-0.2, 0) is 0 Å². The first kappa shape index (κ1) is 18.1. The molecular weight excluding hydrogens is 340 g/mol. The van der Waals surface area contributed by atoms with Gasteiger partial charge in [0.25, 0.3) is 5.91 Å². The molecule has 0 aliphatic carbocycles. The Hall–Kier alpha value is -3.73. The number of carbonyl (C=O) groups is 2. The van der Waals surface area contributed by atoms with Gasteiger partial charge in [-0.25, -0.2) is 10.2 Å². The lowest BCUT2D eigenvalue weighted by molar-refractivity contribution is 0.0734. The van der Waals surface area contributed by atoms with Crippen LogP contribution in [0.4, 0.5) is 0 Å². The molecule has 0 fully saturated rings. The lowest BCUT2D eigenvalue weighted by Gasteiger charge is -2.07. The van der Waals surface area contributed by atoms with Gasteiger partial charge in [0.15, 0.2) is 0 Å². The molecule has 3 aromatic carbocycles. The normalized spacial score (nSPS) is 10.6. The van der Waals surface area contributed by atoms with E-state index in [9.17, 15) is 9.59 Å². The first-order chi connectivity index (χ1) is 13.1. The second-order valence-corrected chi connectivity index (χ2v) is 5.86. The fourth-order valence-electron chi connectivity index (χ4n) is 2.34. The van der Waals surface area contributed by atoms with Gasteiger partial charge in [0, 0.05) is 11.1 Å². The summed E-state index contributed by atoms with van der Waals surface area (Å²) >= 11 is 0. The van der Waals surface area contributed by atoms with E-state index in [-0.39, 0.29) is 5.91 Å².